The highest BCUT2D eigenvalue weighted by molar-refractivity contribution is 6.33. The molecule has 0 aliphatic rings. The van der Waals surface area contributed by atoms with Crippen LogP contribution in [0.15, 0.2) is 24.4 Å². The molecule has 0 aliphatic heterocycles. The molecular weight excluding hydrogens is 248 g/mol. The number of nitriles is 1. The van der Waals surface area contributed by atoms with Crippen LogP contribution in [0.4, 0.5) is 5.69 Å². The summed E-state index contributed by atoms with van der Waals surface area (Å²) in [5.74, 6) is 0. The summed E-state index contributed by atoms with van der Waals surface area (Å²) < 4.78 is 1.82. The number of halogens is 1. The second kappa shape index (κ2) is 5.11. The third kappa shape index (κ3) is 2.47. The van der Waals surface area contributed by atoms with Gasteiger partial charge >= 0.3 is 0 Å². The van der Waals surface area contributed by atoms with Crippen LogP contribution in [0.5, 0.6) is 0 Å². The van der Waals surface area contributed by atoms with E-state index in [0.717, 1.165) is 16.9 Å². The number of hydrogen-bond acceptors (Lipinski definition) is 3. The number of aryl methyl sites for hydroxylation is 1. The Bertz CT molecular complexity index is 610. The van der Waals surface area contributed by atoms with Crippen LogP contribution in [0, 0.1) is 18.3 Å². The van der Waals surface area contributed by atoms with Gasteiger partial charge in [-0.1, -0.05) is 11.6 Å². The molecule has 0 amide bonds. The zero-order valence-electron chi connectivity index (χ0n) is 10.2. The van der Waals surface area contributed by atoms with Gasteiger partial charge in [-0.2, -0.15) is 10.4 Å². The summed E-state index contributed by atoms with van der Waals surface area (Å²) in [7, 11) is 1.90. The average Bonchev–Trinajstić information content (AvgIpc) is 2.69. The van der Waals surface area contributed by atoms with Crippen LogP contribution in [-0.4, -0.2) is 9.78 Å². The Kier molecular flexibility index (Phi) is 3.54. The minimum Gasteiger partial charge on any atom is -0.380 e. The van der Waals surface area contributed by atoms with Gasteiger partial charge in [0.25, 0.3) is 0 Å². The highest BCUT2D eigenvalue weighted by Crippen LogP contribution is 2.23. The smallest absolute Gasteiger partial charge is 0.0992 e. The van der Waals surface area contributed by atoms with Crippen LogP contribution in [-0.2, 0) is 13.6 Å². The zero-order valence-corrected chi connectivity index (χ0v) is 11.0. The number of nitrogens with zero attached hydrogens (tertiary/aromatic N) is 3. The summed E-state index contributed by atoms with van der Waals surface area (Å²) in [6.45, 7) is 2.64. The van der Waals surface area contributed by atoms with Crippen LogP contribution in [0.3, 0.4) is 0 Å². The number of benzene rings is 1. The highest BCUT2D eigenvalue weighted by atomic mass is 35.5. The largest absolute Gasteiger partial charge is 0.380 e. The van der Waals surface area contributed by atoms with Crippen molar-refractivity contribution in [3.05, 3.63) is 46.2 Å². The molecule has 1 aromatic carbocycles. The number of nitrogens with one attached hydrogen (secondary N) is 1. The lowest BCUT2D eigenvalue weighted by molar-refractivity contribution is 0.738. The Morgan fingerprint density at radius 1 is 1.50 bits per heavy atom. The van der Waals surface area contributed by atoms with Gasteiger partial charge in [0.2, 0.25) is 0 Å². The summed E-state index contributed by atoms with van der Waals surface area (Å²) >= 11 is 6.07. The Morgan fingerprint density at radius 2 is 2.28 bits per heavy atom. The van der Waals surface area contributed by atoms with Crippen LogP contribution in [0.2, 0.25) is 5.02 Å². The molecule has 0 atom stereocenters. The zero-order chi connectivity index (χ0) is 13.1. The van der Waals surface area contributed by atoms with Crippen molar-refractivity contribution in [2.45, 2.75) is 13.5 Å². The first-order valence-electron chi connectivity index (χ1n) is 5.53. The molecule has 2 aromatic rings. The van der Waals surface area contributed by atoms with E-state index in [9.17, 15) is 0 Å². The summed E-state index contributed by atoms with van der Waals surface area (Å²) in [5.41, 5.74) is 3.56. The van der Waals surface area contributed by atoms with Crippen molar-refractivity contribution in [2.75, 3.05) is 5.32 Å². The standard InChI is InChI=1S/C13H13ClN4/c1-9-11(8-17-18(9)2)7-16-13-5-10(6-15)3-4-12(13)14/h3-5,8,16H,7H2,1-2H3. The van der Waals surface area contributed by atoms with Crippen LogP contribution in [0.25, 0.3) is 0 Å². The van der Waals surface area contributed by atoms with Gasteiger partial charge in [-0.15, -0.1) is 0 Å². The molecule has 0 fully saturated rings. The molecule has 0 saturated heterocycles. The topological polar surface area (TPSA) is 53.6 Å². The first-order chi connectivity index (χ1) is 8.61. The molecule has 4 nitrogen and oxygen atoms in total. The molecule has 0 spiro atoms. The van der Waals surface area contributed by atoms with Crippen LogP contribution >= 0.6 is 11.6 Å². The Morgan fingerprint density at radius 3 is 2.89 bits per heavy atom. The summed E-state index contributed by atoms with van der Waals surface area (Å²) in [6, 6.07) is 7.26. The van der Waals surface area contributed by atoms with Crippen LogP contribution < -0.4 is 5.32 Å². The van der Waals surface area contributed by atoms with E-state index in [-0.39, 0.29) is 0 Å². The van der Waals surface area contributed by atoms with Gasteiger partial charge in [-0.3, -0.25) is 4.68 Å². The molecule has 0 unspecified atom stereocenters. The van der Waals surface area contributed by atoms with Gasteiger partial charge in [-0.25, -0.2) is 0 Å². The molecule has 0 saturated carbocycles. The molecule has 1 heterocycles. The lowest BCUT2D eigenvalue weighted by Crippen LogP contribution is -2.02. The molecule has 0 bridgehead atoms. The minimum atomic E-state index is 0.588. The predicted octanol–water partition coefficient (Wildman–Crippen LogP) is 2.87. The SMILES string of the molecule is Cc1c(CNc2cc(C#N)ccc2Cl)cnn1C. The molecular formula is C13H13ClN4. The third-order valence-corrected chi connectivity index (χ3v) is 3.23. The first-order valence-corrected chi connectivity index (χ1v) is 5.90. The quantitative estimate of drug-likeness (QED) is 0.923. The van der Waals surface area contributed by atoms with E-state index in [2.05, 4.69) is 16.5 Å². The maximum absolute atomic E-state index is 8.85. The highest BCUT2D eigenvalue weighted by Gasteiger charge is 2.05. The van der Waals surface area contributed by atoms with E-state index in [4.69, 9.17) is 16.9 Å². The number of hydrogen-bond donors (Lipinski definition) is 1. The van der Waals surface area contributed by atoms with Crippen molar-refractivity contribution in [3.8, 4) is 6.07 Å². The fourth-order valence-corrected chi connectivity index (χ4v) is 1.82. The van der Waals surface area contributed by atoms with Gasteiger partial charge in [0.05, 0.1) is 28.5 Å². The monoisotopic (exact) mass is 260 g/mol. The Labute approximate surface area is 111 Å². The van der Waals surface area contributed by atoms with Gasteiger partial charge < -0.3 is 5.32 Å². The molecule has 92 valence electrons. The molecule has 5 heteroatoms. The fraction of sp³-hybridized carbons (Fsp3) is 0.231. The van der Waals surface area contributed by atoms with E-state index in [1.165, 1.54) is 0 Å². The molecule has 1 N–H and O–H groups in total. The predicted molar refractivity (Wildman–Crippen MR) is 71.4 cm³/mol. The van der Waals surface area contributed by atoms with E-state index in [1.54, 1.807) is 18.2 Å². The number of aromatic nitrogens is 2. The summed E-state index contributed by atoms with van der Waals surface area (Å²) in [4.78, 5) is 0. The summed E-state index contributed by atoms with van der Waals surface area (Å²) in [6.07, 6.45) is 1.82. The second-order valence-electron chi connectivity index (χ2n) is 4.04. The molecule has 0 radical (unpaired) electrons. The molecule has 18 heavy (non-hydrogen) atoms. The second-order valence-corrected chi connectivity index (χ2v) is 4.45. The summed E-state index contributed by atoms with van der Waals surface area (Å²) in [5, 5.41) is 16.9. The minimum absolute atomic E-state index is 0.588. The van der Waals surface area contributed by atoms with Crippen molar-refractivity contribution in [3.63, 3.8) is 0 Å². The Hall–Kier alpha value is -1.99. The van der Waals surface area contributed by atoms with Crippen LogP contribution in [0.1, 0.15) is 16.8 Å². The van der Waals surface area contributed by atoms with Crippen molar-refractivity contribution in [2.24, 2.45) is 7.05 Å². The normalized spacial score (nSPS) is 10.1. The van der Waals surface area contributed by atoms with Crippen molar-refractivity contribution in [1.82, 2.24) is 9.78 Å². The maximum Gasteiger partial charge on any atom is 0.0992 e. The molecule has 1 aromatic heterocycles. The average molecular weight is 261 g/mol. The van der Waals surface area contributed by atoms with Gasteiger partial charge in [0.1, 0.15) is 0 Å². The van der Waals surface area contributed by atoms with Gasteiger partial charge in [0.15, 0.2) is 0 Å². The van der Waals surface area contributed by atoms with Crippen molar-refractivity contribution >= 4 is 17.3 Å². The van der Waals surface area contributed by atoms with E-state index < -0.39 is 0 Å². The van der Waals surface area contributed by atoms with Crippen molar-refractivity contribution in [1.29, 1.82) is 5.26 Å². The maximum atomic E-state index is 8.85. The van der Waals surface area contributed by atoms with E-state index in [0.29, 0.717) is 17.1 Å². The van der Waals surface area contributed by atoms with Crippen molar-refractivity contribution < 1.29 is 0 Å². The van der Waals surface area contributed by atoms with Gasteiger partial charge in [-0.05, 0) is 25.1 Å². The lowest BCUT2D eigenvalue weighted by atomic mass is 10.2. The number of rotatable bonds is 3. The molecule has 2 rings (SSSR count). The lowest BCUT2D eigenvalue weighted by Gasteiger charge is -2.08. The Balaban J connectivity index is 2.15. The molecule has 0 aliphatic carbocycles. The van der Waals surface area contributed by atoms with Gasteiger partial charge in [0, 0.05) is 24.8 Å². The number of anilines is 1. The van der Waals surface area contributed by atoms with E-state index >= 15 is 0 Å². The fourth-order valence-electron chi connectivity index (χ4n) is 1.64. The van der Waals surface area contributed by atoms with E-state index in [1.807, 2.05) is 24.9 Å². The third-order valence-electron chi connectivity index (χ3n) is 2.90. The first kappa shape index (κ1) is 12.5.